The van der Waals surface area contributed by atoms with Gasteiger partial charge in [-0.2, -0.15) is 6.41 Å². The average Bonchev–Trinajstić information content (AvgIpc) is 2.05. The van der Waals surface area contributed by atoms with Gasteiger partial charge in [-0.25, -0.2) is 0 Å². The molecule has 2 nitrogen and oxygen atoms in total. The fourth-order valence-corrected chi connectivity index (χ4v) is 1.48. The van der Waals surface area contributed by atoms with Gasteiger partial charge in [-0.15, -0.1) is 0 Å². The summed E-state index contributed by atoms with van der Waals surface area (Å²) in [5.74, 6) is 0.732. The van der Waals surface area contributed by atoms with Crippen LogP contribution in [0, 0.1) is 5.92 Å². The van der Waals surface area contributed by atoms with Crippen molar-refractivity contribution in [3.8, 4) is 0 Å². The molecule has 1 heterocycles. The van der Waals surface area contributed by atoms with Crippen molar-refractivity contribution in [3.05, 3.63) is 0 Å². The van der Waals surface area contributed by atoms with Crippen molar-refractivity contribution in [2.75, 3.05) is 13.1 Å². The molecule has 0 radical (unpaired) electrons. The number of hydrogen-bond donors (Lipinski definition) is 0. The van der Waals surface area contributed by atoms with Crippen LogP contribution in [0.5, 0.6) is 0 Å². The second kappa shape index (κ2) is 6.75. The van der Waals surface area contributed by atoms with E-state index in [1.807, 2.05) is 6.41 Å². The van der Waals surface area contributed by atoms with Gasteiger partial charge in [0.05, 0.1) is 0 Å². The van der Waals surface area contributed by atoms with E-state index in [0.717, 1.165) is 25.4 Å². The van der Waals surface area contributed by atoms with Gasteiger partial charge >= 0.3 is 58.2 Å². The molecule has 1 rings (SSSR count). The van der Waals surface area contributed by atoms with E-state index in [0.29, 0.717) is 0 Å². The van der Waals surface area contributed by atoms with Crippen molar-refractivity contribution in [2.45, 2.75) is 26.2 Å². The zero-order valence-corrected chi connectivity index (χ0v) is 12.4. The zero-order chi connectivity index (χ0) is 7.40. The predicted molar refractivity (Wildman–Crippen MR) is 40.3 cm³/mol. The molecular weight excluding hydrogens is 212 g/mol. The third-order valence-corrected chi connectivity index (χ3v) is 2.23. The molecule has 0 aromatic rings. The Hall–Kier alpha value is 1.28. The summed E-state index contributed by atoms with van der Waals surface area (Å²) in [4.78, 5) is 12.0. The van der Waals surface area contributed by atoms with E-state index >= 15 is 0 Å². The van der Waals surface area contributed by atoms with E-state index in [1.165, 1.54) is 12.8 Å². The summed E-state index contributed by atoms with van der Waals surface area (Å²) in [5, 5.41) is 0. The molecule has 1 amide bonds. The molecule has 58 valence electrons. The van der Waals surface area contributed by atoms with E-state index in [4.69, 9.17) is 0 Å². The number of rotatable bonds is 2. The molecule has 0 bridgehead atoms. The third kappa shape index (κ3) is 4.16. The quantitative estimate of drug-likeness (QED) is 0.507. The van der Waals surface area contributed by atoms with Crippen LogP contribution in [0.2, 0.25) is 0 Å². The smallest absolute Gasteiger partial charge is 0.520 e. The van der Waals surface area contributed by atoms with Crippen LogP contribution in [0.1, 0.15) is 26.2 Å². The van der Waals surface area contributed by atoms with Crippen LogP contribution in [-0.4, -0.2) is 24.4 Å². The second-order valence-electron chi connectivity index (χ2n) is 2.95. The molecule has 11 heavy (non-hydrogen) atoms. The van der Waals surface area contributed by atoms with Gasteiger partial charge in [0.15, 0.2) is 0 Å². The Balaban J connectivity index is 0.000001000. The minimum Gasteiger partial charge on any atom is -0.520 e. The molecule has 1 aliphatic rings. The van der Waals surface area contributed by atoms with Crippen LogP contribution >= 0.6 is 0 Å². The summed E-state index contributed by atoms with van der Waals surface area (Å²) in [5.41, 5.74) is 0. The van der Waals surface area contributed by atoms with Crippen molar-refractivity contribution in [2.24, 2.45) is 5.92 Å². The van der Waals surface area contributed by atoms with Crippen molar-refractivity contribution >= 4 is 6.41 Å². The minimum absolute atomic E-state index is 0. The van der Waals surface area contributed by atoms with Gasteiger partial charge in [-0.05, 0) is 31.8 Å². The number of likely N-dealkylation sites (tertiary alicyclic amines) is 1. The van der Waals surface area contributed by atoms with Gasteiger partial charge < -0.3 is 9.69 Å². The van der Waals surface area contributed by atoms with Gasteiger partial charge in [0.25, 0.3) is 0 Å². The maximum atomic E-state index is 10.2. The molecule has 0 N–H and O–H groups in total. The third-order valence-electron chi connectivity index (χ3n) is 2.23. The Bertz CT molecular complexity index is 119. The van der Waals surface area contributed by atoms with Gasteiger partial charge in [0, 0.05) is 0 Å². The van der Waals surface area contributed by atoms with E-state index < -0.39 is 0 Å². The van der Waals surface area contributed by atoms with Crippen LogP contribution < -0.4 is 58.2 Å². The van der Waals surface area contributed by atoms with Crippen LogP contribution in [0.25, 0.3) is 0 Å². The van der Waals surface area contributed by atoms with Crippen LogP contribution in [0.3, 0.4) is 0 Å². The summed E-state index contributed by atoms with van der Waals surface area (Å²) in [6.45, 7) is 4.03. The van der Waals surface area contributed by atoms with Gasteiger partial charge in [-0.1, -0.05) is 13.3 Å². The fourth-order valence-electron chi connectivity index (χ4n) is 1.48. The van der Waals surface area contributed by atoms with Crippen molar-refractivity contribution in [1.82, 2.24) is 4.90 Å². The Labute approximate surface area is 118 Å². The molecule has 3 heteroatoms. The Morgan fingerprint density at radius 2 is 2.36 bits per heavy atom. The van der Waals surface area contributed by atoms with Gasteiger partial charge in [0.1, 0.15) is 0 Å². The first kappa shape index (κ1) is 12.3. The van der Waals surface area contributed by atoms with Crippen molar-refractivity contribution in [3.63, 3.8) is 0 Å². The van der Waals surface area contributed by atoms with Gasteiger partial charge in [0.2, 0.25) is 0 Å². The Kier molecular flexibility index (Phi) is 7.54. The van der Waals surface area contributed by atoms with Crippen molar-refractivity contribution in [1.29, 1.82) is 0 Å². The van der Waals surface area contributed by atoms with Crippen LogP contribution in [0.4, 0.5) is 0 Å². The molecule has 1 saturated heterocycles. The van der Waals surface area contributed by atoms with E-state index in [1.54, 1.807) is 4.90 Å². The Morgan fingerprint density at radius 3 is 2.91 bits per heavy atom. The molecule has 1 unspecified atom stereocenters. The maximum Gasteiger partial charge on any atom is 1.00 e. The zero-order valence-electron chi connectivity index (χ0n) is 7.47. The molecule has 1 aliphatic heterocycles. The summed E-state index contributed by atoms with van der Waals surface area (Å²) >= 11 is 0. The molecule has 0 aromatic carbocycles. The summed E-state index contributed by atoms with van der Waals surface area (Å²) in [6, 6.07) is 0. The SMILES string of the molecule is CCC1CCCN([C-]=O)C1.[Rb+]. The monoisotopic (exact) mass is 225 g/mol. The largest absolute Gasteiger partial charge is 1.00 e. The second-order valence-corrected chi connectivity index (χ2v) is 2.95. The first-order chi connectivity index (χ1) is 4.86. The average molecular weight is 226 g/mol. The molecule has 0 spiro atoms. The fraction of sp³-hybridized carbons (Fsp3) is 0.875. The molecule has 1 atom stereocenters. The number of nitrogens with zero attached hydrogens (tertiary/aromatic N) is 1. The molecule has 0 aliphatic carbocycles. The number of carbonyl (C=O) groups excluding carboxylic acids is 1. The van der Waals surface area contributed by atoms with E-state index in [2.05, 4.69) is 6.92 Å². The number of hydrogen-bond acceptors (Lipinski definition) is 1. The normalized spacial score (nSPS) is 24.1. The Morgan fingerprint density at radius 1 is 1.64 bits per heavy atom. The van der Waals surface area contributed by atoms with E-state index in [-0.39, 0.29) is 58.2 Å². The maximum absolute atomic E-state index is 10.2. The molecular formula is C8H14NORb. The van der Waals surface area contributed by atoms with Crippen LogP contribution in [0.15, 0.2) is 0 Å². The van der Waals surface area contributed by atoms with Gasteiger partial charge in [-0.3, -0.25) is 0 Å². The topological polar surface area (TPSA) is 20.3 Å². The van der Waals surface area contributed by atoms with E-state index in [9.17, 15) is 4.79 Å². The van der Waals surface area contributed by atoms with Crippen LogP contribution in [-0.2, 0) is 4.79 Å². The summed E-state index contributed by atoms with van der Waals surface area (Å²) in [7, 11) is 0. The molecule has 0 saturated carbocycles. The standard InChI is InChI=1S/C8H14NO.Rb/c1-2-8-4-3-5-9(6-8)7-10;/h8H,2-6H2,1H3;/q-1;+1. The summed E-state index contributed by atoms with van der Waals surface area (Å²) < 4.78 is 0. The number of piperidine rings is 1. The minimum atomic E-state index is 0. The summed E-state index contributed by atoms with van der Waals surface area (Å²) in [6.07, 6.45) is 5.59. The first-order valence-corrected chi connectivity index (χ1v) is 3.99. The molecule has 1 fully saturated rings. The number of amides is 1. The molecule has 0 aromatic heterocycles. The predicted octanol–water partition coefficient (Wildman–Crippen LogP) is -1.82. The first-order valence-electron chi connectivity index (χ1n) is 3.99. The van der Waals surface area contributed by atoms with Crippen molar-refractivity contribution < 1.29 is 63.0 Å².